The van der Waals surface area contributed by atoms with Crippen molar-refractivity contribution in [3.8, 4) is 5.75 Å². The number of hydrogen-bond donors (Lipinski definition) is 5. The Bertz CT molecular complexity index is 1070. The number of benzene rings is 1. The molecule has 1 aromatic rings. The zero-order valence-corrected chi connectivity index (χ0v) is 16.4. The van der Waals surface area contributed by atoms with Crippen LogP contribution in [0, 0.1) is 11.8 Å². The zero-order chi connectivity index (χ0) is 22.1. The maximum Gasteiger partial charge on any atom is 0.255 e. The van der Waals surface area contributed by atoms with Gasteiger partial charge in [0, 0.05) is 11.5 Å². The third kappa shape index (κ3) is 2.39. The van der Waals surface area contributed by atoms with Crippen molar-refractivity contribution in [3.63, 3.8) is 0 Å². The molecule has 3 aliphatic carbocycles. The second-order valence-corrected chi connectivity index (χ2v) is 8.27. The van der Waals surface area contributed by atoms with E-state index in [9.17, 15) is 34.8 Å². The molecule has 4 rings (SSSR count). The number of nitrogens with two attached hydrogens (primary N) is 1. The van der Waals surface area contributed by atoms with Gasteiger partial charge in [0.15, 0.2) is 11.4 Å². The van der Waals surface area contributed by atoms with Gasteiger partial charge in [-0.3, -0.25) is 19.3 Å². The van der Waals surface area contributed by atoms with Crippen LogP contribution in [-0.2, 0) is 20.8 Å². The number of phenolic OH excluding ortho intramolecular Hbond substituents is 1. The molecule has 0 heterocycles. The van der Waals surface area contributed by atoms with Gasteiger partial charge in [0.1, 0.15) is 22.8 Å². The number of aromatic hydroxyl groups is 1. The summed E-state index contributed by atoms with van der Waals surface area (Å²) in [5, 5.41) is 43.1. The monoisotopic (exact) mass is 414 g/mol. The number of likely N-dealkylation sites (N-methyl/N-ethyl adjacent to an activating group) is 1. The summed E-state index contributed by atoms with van der Waals surface area (Å²) in [6.07, 6.45) is 0.379. The van der Waals surface area contributed by atoms with Crippen LogP contribution in [0.2, 0.25) is 0 Å². The number of carbonyl (C=O) groups is 3. The predicted molar refractivity (Wildman–Crippen MR) is 104 cm³/mol. The average Bonchev–Trinajstić information content (AvgIpc) is 2.64. The van der Waals surface area contributed by atoms with E-state index in [2.05, 4.69) is 0 Å². The Morgan fingerprint density at radius 1 is 1.20 bits per heavy atom. The molecule has 3 aliphatic rings. The lowest BCUT2D eigenvalue weighted by atomic mass is 9.57. The quantitative estimate of drug-likeness (QED) is 0.421. The maximum atomic E-state index is 13.5. The van der Waals surface area contributed by atoms with Crippen molar-refractivity contribution < 1.29 is 34.8 Å². The molecule has 0 bridgehead atoms. The molecule has 0 radical (unpaired) electrons. The summed E-state index contributed by atoms with van der Waals surface area (Å²) in [5.74, 6) is -6.43. The molecule has 1 amide bonds. The molecule has 9 nitrogen and oxygen atoms in total. The van der Waals surface area contributed by atoms with E-state index < -0.39 is 58.0 Å². The first-order valence-electron chi connectivity index (χ1n) is 9.47. The van der Waals surface area contributed by atoms with Crippen LogP contribution in [-0.4, -0.2) is 68.5 Å². The Kier molecular flexibility index (Phi) is 4.30. The van der Waals surface area contributed by atoms with Gasteiger partial charge in [-0.25, -0.2) is 0 Å². The van der Waals surface area contributed by atoms with E-state index in [-0.39, 0.29) is 23.3 Å². The molecule has 6 N–H and O–H groups in total. The first kappa shape index (κ1) is 20.1. The third-order valence-corrected chi connectivity index (χ3v) is 6.46. The van der Waals surface area contributed by atoms with E-state index in [1.165, 1.54) is 11.0 Å². The molecule has 9 heteroatoms. The topological polar surface area (TPSA) is 161 Å². The minimum Gasteiger partial charge on any atom is -0.508 e. The van der Waals surface area contributed by atoms with E-state index in [1.807, 2.05) is 0 Å². The van der Waals surface area contributed by atoms with Crippen molar-refractivity contribution >= 4 is 23.2 Å². The van der Waals surface area contributed by atoms with Crippen LogP contribution in [0.15, 0.2) is 35.1 Å². The molecule has 0 aliphatic heterocycles. The maximum absolute atomic E-state index is 13.5. The molecule has 1 saturated carbocycles. The molecule has 1 fully saturated rings. The van der Waals surface area contributed by atoms with Gasteiger partial charge in [0.2, 0.25) is 5.78 Å². The largest absolute Gasteiger partial charge is 0.508 e. The summed E-state index contributed by atoms with van der Waals surface area (Å²) >= 11 is 0. The summed E-state index contributed by atoms with van der Waals surface area (Å²) in [6.45, 7) is 0. The van der Waals surface area contributed by atoms with E-state index in [4.69, 9.17) is 5.73 Å². The number of fused-ring (bicyclic) bond motifs is 3. The molecule has 0 spiro atoms. The molecule has 4 atom stereocenters. The molecule has 0 saturated heterocycles. The normalized spacial score (nSPS) is 30.9. The molecule has 0 aromatic heterocycles. The van der Waals surface area contributed by atoms with Crippen LogP contribution >= 0.6 is 0 Å². The summed E-state index contributed by atoms with van der Waals surface area (Å²) in [5.41, 5.74) is 2.41. The number of amides is 1. The Labute approximate surface area is 171 Å². The standard InChI is InChI=1S/C21H22N2O7/c1-23(2)15-10-7-9-6-8-4-3-5-11(24)12(8)16(25)13(9)18(27)21(10,30)19(28)14(17(15)26)20(22)29/h3-5,9-10,15,24-25,28,30H,6-7H2,1-2H3,(H2,22,29)/t9-,10+,15-,21-/m0/s1. The van der Waals surface area contributed by atoms with Crippen molar-refractivity contribution in [2.24, 2.45) is 17.6 Å². The van der Waals surface area contributed by atoms with Crippen molar-refractivity contribution in [2.45, 2.75) is 24.5 Å². The fourth-order valence-electron chi connectivity index (χ4n) is 5.18. The fraction of sp³-hybridized carbons (Fsp3) is 0.381. The Hall–Kier alpha value is -3.17. The van der Waals surface area contributed by atoms with E-state index >= 15 is 0 Å². The number of ketones is 2. The summed E-state index contributed by atoms with van der Waals surface area (Å²) < 4.78 is 0. The van der Waals surface area contributed by atoms with Crippen LogP contribution in [0.25, 0.3) is 5.76 Å². The zero-order valence-electron chi connectivity index (χ0n) is 16.4. The van der Waals surface area contributed by atoms with Crippen LogP contribution in [0.5, 0.6) is 5.75 Å². The second kappa shape index (κ2) is 6.41. The Morgan fingerprint density at radius 2 is 1.87 bits per heavy atom. The fourth-order valence-corrected chi connectivity index (χ4v) is 5.18. The van der Waals surface area contributed by atoms with Gasteiger partial charge in [-0.1, -0.05) is 12.1 Å². The minimum absolute atomic E-state index is 0.0847. The predicted octanol–water partition coefficient (Wildman–Crippen LogP) is -0.0360. The molecule has 30 heavy (non-hydrogen) atoms. The molecular formula is C21H22N2O7. The van der Waals surface area contributed by atoms with Crippen molar-refractivity contribution in [1.82, 2.24) is 4.90 Å². The summed E-state index contributed by atoms with van der Waals surface area (Å²) in [6, 6.07) is 3.62. The van der Waals surface area contributed by atoms with Gasteiger partial charge in [0.25, 0.3) is 5.91 Å². The highest BCUT2D eigenvalue weighted by atomic mass is 16.3. The number of hydrogen-bond acceptors (Lipinski definition) is 8. The van der Waals surface area contributed by atoms with Gasteiger partial charge < -0.3 is 26.2 Å². The van der Waals surface area contributed by atoms with Crippen LogP contribution in [0.3, 0.4) is 0 Å². The highest BCUT2D eigenvalue weighted by Gasteiger charge is 2.64. The number of phenols is 1. The molecule has 158 valence electrons. The van der Waals surface area contributed by atoms with Gasteiger partial charge >= 0.3 is 0 Å². The lowest BCUT2D eigenvalue weighted by Crippen LogP contribution is -2.65. The second-order valence-electron chi connectivity index (χ2n) is 8.27. The number of aliphatic hydroxyl groups is 3. The number of rotatable bonds is 2. The van der Waals surface area contributed by atoms with Crippen molar-refractivity contribution in [2.75, 3.05) is 14.1 Å². The van der Waals surface area contributed by atoms with E-state index in [0.29, 0.717) is 12.0 Å². The van der Waals surface area contributed by atoms with Gasteiger partial charge in [-0.2, -0.15) is 0 Å². The highest BCUT2D eigenvalue weighted by molar-refractivity contribution is 6.24. The lowest BCUT2D eigenvalue weighted by Gasteiger charge is -2.50. The van der Waals surface area contributed by atoms with Crippen LogP contribution in [0.4, 0.5) is 0 Å². The highest BCUT2D eigenvalue weighted by Crippen LogP contribution is 2.52. The molecule has 0 unspecified atom stereocenters. The number of primary amides is 1. The minimum atomic E-state index is -2.60. The Morgan fingerprint density at radius 3 is 2.47 bits per heavy atom. The number of aliphatic hydroxyl groups excluding tert-OH is 2. The molecular weight excluding hydrogens is 392 g/mol. The third-order valence-electron chi connectivity index (χ3n) is 6.46. The first-order valence-corrected chi connectivity index (χ1v) is 9.47. The molecule has 1 aromatic carbocycles. The summed E-state index contributed by atoms with van der Waals surface area (Å²) in [7, 11) is 3.12. The average molecular weight is 414 g/mol. The number of Topliss-reactive ketones (excluding diaryl/α,β-unsaturated/α-hetero) is 2. The Balaban J connectivity index is 1.98. The van der Waals surface area contributed by atoms with Crippen molar-refractivity contribution in [3.05, 3.63) is 46.2 Å². The van der Waals surface area contributed by atoms with Gasteiger partial charge in [-0.15, -0.1) is 0 Å². The first-order chi connectivity index (χ1) is 14.0. The van der Waals surface area contributed by atoms with Crippen molar-refractivity contribution in [1.29, 1.82) is 0 Å². The smallest absolute Gasteiger partial charge is 0.255 e. The number of carbonyl (C=O) groups excluding carboxylic acids is 3. The van der Waals surface area contributed by atoms with Gasteiger partial charge in [-0.05, 0) is 44.5 Å². The SMILES string of the molecule is CN(C)[C@@H]1C(=O)C(C(N)=O)=C(O)[C@@]2(O)C(=O)C3=C(O)c4c(O)cccc4C[C@H]3C[C@H]12. The van der Waals surface area contributed by atoms with Crippen LogP contribution in [0.1, 0.15) is 17.5 Å². The van der Waals surface area contributed by atoms with E-state index in [0.717, 1.165) is 0 Å². The summed E-state index contributed by atoms with van der Waals surface area (Å²) in [4.78, 5) is 39.7. The number of nitrogens with zero attached hydrogens (tertiary/aromatic N) is 1. The lowest BCUT2D eigenvalue weighted by molar-refractivity contribution is -0.153. The van der Waals surface area contributed by atoms with Crippen LogP contribution < -0.4 is 5.73 Å². The van der Waals surface area contributed by atoms with E-state index in [1.54, 1.807) is 26.2 Å². The van der Waals surface area contributed by atoms with Gasteiger partial charge in [0.05, 0.1) is 11.6 Å².